The molecular weight excluding hydrogens is 702 g/mol. The van der Waals surface area contributed by atoms with E-state index in [-0.39, 0.29) is 36.0 Å². The average molecular weight is 776 g/mol. The number of pyridine rings is 1. The van der Waals surface area contributed by atoms with Crippen LogP contribution in [-0.2, 0) is 23.9 Å². The molecule has 2 saturated carbocycles. The topological polar surface area (TPSA) is 204 Å². The summed E-state index contributed by atoms with van der Waals surface area (Å²) in [7, 11) is 1.67. The molecule has 4 atom stereocenters. The van der Waals surface area contributed by atoms with Crippen molar-refractivity contribution in [3.8, 4) is 17.0 Å². The molecule has 3 aliphatic rings. The van der Waals surface area contributed by atoms with Crippen LogP contribution in [0, 0.1) is 30.1 Å². The third-order valence-corrected chi connectivity index (χ3v) is 8.32. The number of alkyl carbamates (subject to hydrolysis) is 1. The zero-order valence-corrected chi connectivity index (χ0v) is 33.6. The van der Waals surface area contributed by atoms with Crippen LogP contribution in [0.3, 0.4) is 0 Å². The predicted octanol–water partition coefficient (Wildman–Crippen LogP) is 6.73. The maximum atomic E-state index is 12.9. The molecule has 314 valence electrons. The van der Waals surface area contributed by atoms with Crippen molar-refractivity contribution in [1.82, 2.24) is 15.2 Å². The van der Waals surface area contributed by atoms with Gasteiger partial charge in [0.25, 0.3) is 0 Å². The highest BCUT2D eigenvalue weighted by Crippen LogP contribution is 2.38. The second-order valence-electron chi connectivity index (χ2n) is 15.6. The number of ether oxygens (including phenoxy) is 2. The second kappa shape index (κ2) is 23.9. The van der Waals surface area contributed by atoms with Crippen LogP contribution in [0.1, 0.15) is 98.0 Å². The van der Waals surface area contributed by atoms with Crippen molar-refractivity contribution in [1.29, 1.82) is 0 Å². The molecule has 13 nitrogen and oxygen atoms in total. The van der Waals surface area contributed by atoms with Crippen LogP contribution in [0.25, 0.3) is 11.3 Å². The summed E-state index contributed by atoms with van der Waals surface area (Å²) in [5.41, 5.74) is 12.2. The first-order valence-corrected chi connectivity index (χ1v) is 18.3. The Labute approximate surface area is 333 Å². The standard InChI is InChI=1S/C16H29N3O4.C13H13NO.C6H9NO.C4H8.C2H4O2.CH4.3H2/c1-15(2,3)11(18-14(22)23-16(4,5)6)13(21)19-9-7-8-10(19)12(17)20;1-10-8-12(15-2)9-13(14-10)11-6-4-3-5-7-11;1-2-4-3-5(4)6(7)8;1-4-2-3-4;3-1-2-4;;;;/h10-11H,7-9H2,1-6H3,(H2,17,20)(H,18,22);3-9H,1-2H3;2,4-5H,1,3H2,(H2,7,8);4H,2-3H2,1H3;1,4H,2H2;1H4;3*1H/t10-,11+;;4-,5+;;;;;;/m0.1....../s1. The number of aromatic nitrogens is 1. The largest absolute Gasteiger partial charge is 0.497 e. The molecule has 2 heterocycles. The van der Waals surface area contributed by atoms with E-state index in [0.717, 1.165) is 41.5 Å². The summed E-state index contributed by atoms with van der Waals surface area (Å²) in [6.07, 6.45) is 6.74. The molecule has 13 heteroatoms. The lowest BCUT2D eigenvalue weighted by Crippen LogP contribution is -2.57. The number of benzene rings is 1. The van der Waals surface area contributed by atoms with Gasteiger partial charge in [0.1, 0.15) is 29.7 Å². The average Bonchev–Trinajstić information content (AvgIpc) is 4.03. The first-order chi connectivity index (χ1) is 25.2. The Bertz CT molecular complexity index is 1530. The Morgan fingerprint density at radius 2 is 1.62 bits per heavy atom. The smallest absolute Gasteiger partial charge is 0.408 e. The molecule has 0 spiro atoms. The predicted molar refractivity (Wildman–Crippen MR) is 223 cm³/mol. The SMILES string of the molecule is C.C=C[C@@H]1C[C@@H]1C(N)=O.CC(C)(C)OC(=O)N[C@H](C(=O)N1CCC[C@H]1C(N)=O)C(C)(C)C.CC1CC1.COc1cc(C)nc(-c2ccccc2)c1.O=CCO.[HH].[HH].[HH]. The number of rotatable bonds is 8. The molecule has 2 aromatic rings. The van der Waals surface area contributed by atoms with Gasteiger partial charge in [-0.25, -0.2) is 4.79 Å². The van der Waals surface area contributed by atoms with Crippen molar-refractivity contribution in [2.75, 3.05) is 20.3 Å². The van der Waals surface area contributed by atoms with Crippen LogP contribution in [-0.4, -0.2) is 83.0 Å². The summed E-state index contributed by atoms with van der Waals surface area (Å²) in [6, 6.07) is 12.6. The molecule has 2 aliphatic carbocycles. The Morgan fingerprint density at radius 1 is 1.05 bits per heavy atom. The Morgan fingerprint density at radius 3 is 2.00 bits per heavy atom. The molecule has 1 aromatic heterocycles. The van der Waals surface area contributed by atoms with E-state index in [1.807, 2.05) is 70.2 Å². The van der Waals surface area contributed by atoms with Crippen LogP contribution in [0.2, 0.25) is 0 Å². The normalized spacial score (nSPS) is 18.4. The minimum atomic E-state index is -0.794. The van der Waals surface area contributed by atoms with E-state index in [4.69, 9.17) is 30.8 Å². The molecule has 55 heavy (non-hydrogen) atoms. The van der Waals surface area contributed by atoms with Crippen molar-refractivity contribution in [2.45, 2.75) is 113 Å². The van der Waals surface area contributed by atoms with E-state index in [1.165, 1.54) is 17.7 Å². The van der Waals surface area contributed by atoms with E-state index < -0.39 is 35.1 Å². The van der Waals surface area contributed by atoms with E-state index in [1.54, 1.807) is 34.0 Å². The zero-order valence-electron chi connectivity index (χ0n) is 33.6. The lowest BCUT2D eigenvalue weighted by atomic mass is 9.85. The van der Waals surface area contributed by atoms with Gasteiger partial charge in [0.05, 0.1) is 19.4 Å². The number of hydrogen-bond donors (Lipinski definition) is 4. The quantitative estimate of drug-likeness (QED) is 0.166. The van der Waals surface area contributed by atoms with Gasteiger partial charge in [-0.3, -0.25) is 19.4 Å². The number of aryl methyl sites for hydroxylation is 1. The van der Waals surface area contributed by atoms with Crippen molar-refractivity contribution < 1.29 is 42.8 Å². The van der Waals surface area contributed by atoms with Crippen molar-refractivity contribution in [2.24, 2.45) is 34.6 Å². The maximum absolute atomic E-state index is 12.9. The van der Waals surface area contributed by atoms with Gasteiger partial charge in [0, 0.05) is 40.1 Å². The molecule has 1 saturated heterocycles. The summed E-state index contributed by atoms with van der Waals surface area (Å²) < 4.78 is 10.5. The first kappa shape index (κ1) is 50.2. The summed E-state index contributed by atoms with van der Waals surface area (Å²) in [5.74, 6) is 1.42. The number of amides is 4. The summed E-state index contributed by atoms with van der Waals surface area (Å²) in [6.45, 7) is 18.7. The lowest BCUT2D eigenvalue weighted by Gasteiger charge is -2.35. The van der Waals surface area contributed by atoms with Gasteiger partial charge in [-0.15, -0.1) is 6.58 Å². The molecule has 1 aliphatic heterocycles. The van der Waals surface area contributed by atoms with Crippen LogP contribution < -0.4 is 21.5 Å². The third kappa shape index (κ3) is 19.9. The number of nitrogens with one attached hydrogen (secondary N) is 1. The van der Waals surface area contributed by atoms with Crippen molar-refractivity contribution >= 4 is 30.1 Å². The van der Waals surface area contributed by atoms with Gasteiger partial charge >= 0.3 is 6.09 Å². The number of nitrogens with two attached hydrogens (primary N) is 2. The lowest BCUT2D eigenvalue weighted by molar-refractivity contribution is -0.141. The van der Waals surface area contributed by atoms with E-state index in [0.29, 0.717) is 25.2 Å². The fraction of sp³-hybridized carbons (Fsp3) is 0.571. The van der Waals surface area contributed by atoms with Gasteiger partial charge in [-0.2, -0.15) is 0 Å². The molecule has 1 aromatic carbocycles. The van der Waals surface area contributed by atoms with Gasteiger partial charge in [0.2, 0.25) is 17.7 Å². The molecule has 0 bridgehead atoms. The zero-order chi connectivity index (χ0) is 41.2. The monoisotopic (exact) mass is 776 g/mol. The number of hydrogen-bond acceptors (Lipinski definition) is 9. The number of carbonyl (C=O) groups excluding carboxylic acids is 5. The number of nitrogens with zero attached hydrogens (tertiary/aromatic N) is 2. The first-order valence-electron chi connectivity index (χ1n) is 18.3. The van der Waals surface area contributed by atoms with Gasteiger partial charge in [0.15, 0.2) is 0 Å². The second-order valence-corrected chi connectivity index (χ2v) is 15.6. The molecular formula is C42H73N5O8. The minimum Gasteiger partial charge on any atom is -0.497 e. The fourth-order valence-electron chi connectivity index (χ4n) is 5.05. The number of aliphatic hydroxyl groups is 1. The van der Waals surface area contributed by atoms with Gasteiger partial charge < -0.3 is 41.1 Å². The van der Waals surface area contributed by atoms with E-state index in [2.05, 4.69) is 23.8 Å². The van der Waals surface area contributed by atoms with Crippen LogP contribution >= 0.6 is 0 Å². The number of primary amides is 2. The van der Waals surface area contributed by atoms with Crippen molar-refractivity contribution in [3.63, 3.8) is 0 Å². The van der Waals surface area contributed by atoms with Crippen molar-refractivity contribution in [3.05, 3.63) is 60.8 Å². The van der Waals surface area contributed by atoms with Gasteiger partial charge in [-0.1, -0.05) is 84.4 Å². The third-order valence-electron chi connectivity index (χ3n) is 8.32. The van der Waals surface area contributed by atoms with E-state index in [9.17, 15) is 19.2 Å². The maximum Gasteiger partial charge on any atom is 0.408 e. The summed E-state index contributed by atoms with van der Waals surface area (Å²) >= 11 is 0. The number of likely N-dealkylation sites (tertiary alicyclic amines) is 1. The highest BCUT2D eigenvalue weighted by atomic mass is 16.6. The molecule has 0 radical (unpaired) electrons. The number of methoxy groups -OCH3 is 1. The molecule has 6 N–H and O–H groups in total. The minimum absolute atomic E-state index is 0. The van der Waals surface area contributed by atoms with E-state index >= 15 is 0 Å². The Balaban J connectivity index is -0.000000356. The number of aldehydes is 1. The summed E-state index contributed by atoms with van der Waals surface area (Å²) in [4.78, 5) is 61.6. The highest BCUT2D eigenvalue weighted by molar-refractivity contribution is 5.91. The van der Waals surface area contributed by atoms with Gasteiger partial charge in [-0.05, 0) is 64.2 Å². The molecule has 0 unspecified atom stereocenters. The van der Waals surface area contributed by atoms with Crippen LogP contribution in [0.4, 0.5) is 4.79 Å². The molecule has 4 amide bonds. The number of allylic oxidation sites excluding steroid dienone is 1. The Hall–Kier alpha value is -4.78. The highest BCUT2D eigenvalue weighted by Gasteiger charge is 2.42. The van der Waals surface area contributed by atoms with Crippen LogP contribution in [0.5, 0.6) is 5.75 Å². The fourth-order valence-corrected chi connectivity index (χ4v) is 5.05. The Kier molecular flexibility index (Phi) is 21.8. The summed E-state index contributed by atoms with van der Waals surface area (Å²) in [5, 5.41) is 10.2. The van der Waals surface area contributed by atoms with Crippen LogP contribution in [0.15, 0.2) is 55.1 Å². The molecule has 3 fully saturated rings. The number of aliphatic hydroxyl groups excluding tert-OH is 1. The number of carbonyl (C=O) groups is 5. The molecule has 5 rings (SSSR count).